The van der Waals surface area contributed by atoms with Crippen LogP contribution in [-0.2, 0) is 9.53 Å². The van der Waals surface area contributed by atoms with Crippen LogP contribution in [0.3, 0.4) is 0 Å². The molecule has 0 aromatic heterocycles. The standard InChI is InChI=1S/C8H16N2O2/c9-4-2-5-10-8(11)7-3-1-6-12-7/h7H,1-6,9H2,(H,10,11)/t7-/m0/s1. The predicted octanol–water partition coefficient (Wildman–Crippen LogP) is -0.370. The van der Waals surface area contributed by atoms with Crippen molar-refractivity contribution in [3.63, 3.8) is 0 Å². The van der Waals surface area contributed by atoms with Crippen LogP contribution in [0.4, 0.5) is 0 Å². The summed E-state index contributed by atoms with van der Waals surface area (Å²) in [6.07, 6.45) is 2.48. The molecule has 1 aliphatic heterocycles. The number of ether oxygens (including phenoxy) is 1. The second-order valence-corrected chi connectivity index (χ2v) is 2.93. The number of amides is 1. The highest BCUT2D eigenvalue weighted by Gasteiger charge is 2.22. The third-order valence-corrected chi connectivity index (χ3v) is 1.90. The quantitative estimate of drug-likeness (QED) is 0.569. The second-order valence-electron chi connectivity index (χ2n) is 2.93. The Morgan fingerprint density at radius 2 is 2.50 bits per heavy atom. The first-order valence-corrected chi connectivity index (χ1v) is 4.44. The fourth-order valence-electron chi connectivity index (χ4n) is 1.21. The molecule has 0 aromatic rings. The van der Waals surface area contributed by atoms with E-state index in [0.29, 0.717) is 13.1 Å². The molecule has 1 atom stereocenters. The summed E-state index contributed by atoms with van der Waals surface area (Å²) in [5.74, 6) is 0.0148. The highest BCUT2D eigenvalue weighted by Crippen LogP contribution is 2.11. The van der Waals surface area contributed by atoms with Crippen LogP contribution in [0.1, 0.15) is 19.3 Å². The first kappa shape index (κ1) is 9.48. The van der Waals surface area contributed by atoms with Crippen LogP contribution in [0.15, 0.2) is 0 Å². The first-order valence-electron chi connectivity index (χ1n) is 4.44. The Morgan fingerprint density at radius 1 is 1.67 bits per heavy atom. The van der Waals surface area contributed by atoms with E-state index in [0.717, 1.165) is 25.9 Å². The summed E-state index contributed by atoms with van der Waals surface area (Å²) in [7, 11) is 0. The van der Waals surface area contributed by atoms with Crippen LogP contribution in [0.2, 0.25) is 0 Å². The molecule has 0 spiro atoms. The van der Waals surface area contributed by atoms with Gasteiger partial charge in [-0.2, -0.15) is 0 Å². The van der Waals surface area contributed by atoms with E-state index in [1.165, 1.54) is 0 Å². The summed E-state index contributed by atoms with van der Waals surface area (Å²) in [6, 6.07) is 0. The second kappa shape index (κ2) is 5.11. The van der Waals surface area contributed by atoms with Crippen molar-refractivity contribution >= 4 is 5.91 Å². The van der Waals surface area contributed by atoms with Crippen molar-refractivity contribution < 1.29 is 9.53 Å². The van der Waals surface area contributed by atoms with Crippen LogP contribution in [0, 0.1) is 0 Å². The van der Waals surface area contributed by atoms with E-state index in [9.17, 15) is 4.79 Å². The number of nitrogens with one attached hydrogen (secondary N) is 1. The van der Waals surface area contributed by atoms with Crippen molar-refractivity contribution in [3.05, 3.63) is 0 Å². The molecule has 0 saturated carbocycles. The minimum Gasteiger partial charge on any atom is -0.368 e. The van der Waals surface area contributed by atoms with Crippen LogP contribution in [-0.4, -0.2) is 31.7 Å². The highest BCUT2D eigenvalue weighted by atomic mass is 16.5. The number of hydrogen-bond acceptors (Lipinski definition) is 3. The van der Waals surface area contributed by atoms with Crippen molar-refractivity contribution in [2.24, 2.45) is 5.73 Å². The largest absolute Gasteiger partial charge is 0.368 e. The average Bonchev–Trinajstić information content (AvgIpc) is 2.56. The molecule has 1 amide bonds. The molecule has 0 aromatic carbocycles. The van der Waals surface area contributed by atoms with Crippen LogP contribution in [0.25, 0.3) is 0 Å². The Bertz CT molecular complexity index is 144. The maximum Gasteiger partial charge on any atom is 0.249 e. The molecule has 0 unspecified atom stereocenters. The van der Waals surface area contributed by atoms with Crippen molar-refractivity contribution in [2.45, 2.75) is 25.4 Å². The summed E-state index contributed by atoms with van der Waals surface area (Å²) >= 11 is 0. The summed E-state index contributed by atoms with van der Waals surface area (Å²) in [5.41, 5.74) is 5.29. The predicted molar refractivity (Wildman–Crippen MR) is 45.7 cm³/mol. The number of rotatable bonds is 4. The normalized spacial score (nSPS) is 22.6. The molecule has 1 fully saturated rings. The Labute approximate surface area is 72.5 Å². The zero-order valence-corrected chi connectivity index (χ0v) is 7.21. The van der Waals surface area contributed by atoms with E-state index in [1.807, 2.05) is 0 Å². The van der Waals surface area contributed by atoms with E-state index < -0.39 is 0 Å². The molecule has 4 nitrogen and oxygen atoms in total. The Morgan fingerprint density at radius 3 is 3.08 bits per heavy atom. The van der Waals surface area contributed by atoms with Gasteiger partial charge in [0, 0.05) is 13.2 Å². The van der Waals surface area contributed by atoms with E-state index in [-0.39, 0.29) is 12.0 Å². The summed E-state index contributed by atoms with van der Waals surface area (Å²) < 4.78 is 5.20. The molecule has 0 radical (unpaired) electrons. The van der Waals surface area contributed by atoms with Gasteiger partial charge in [-0.15, -0.1) is 0 Å². The van der Waals surface area contributed by atoms with Gasteiger partial charge in [0.1, 0.15) is 6.10 Å². The Balaban J connectivity index is 2.10. The van der Waals surface area contributed by atoms with Gasteiger partial charge in [0.15, 0.2) is 0 Å². The van der Waals surface area contributed by atoms with E-state index in [4.69, 9.17) is 10.5 Å². The highest BCUT2D eigenvalue weighted by molar-refractivity contribution is 5.80. The van der Waals surface area contributed by atoms with E-state index >= 15 is 0 Å². The van der Waals surface area contributed by atoms with Gasteiger partial charge in [-0.3, -0.25) is 4.79 Å². The fraction of sp³-hybridized carbons (Fsp3) is 0.875. The lowest BCUT2D eigenvalue weighted by Crippen LogP contribution is -2.35. The first-order chi connectivity index (χ1) is 5.84. The summed E-state index contributed by atoms with van der Waals surface area (Å²) in [5, 5.41) is 2.78. The van der Waals surface area contributed by atoms with Crippen molar-refractivity contribution in [1.29, 1.82) is 0 Å². The van der Waals surface area contributed by atoms with Gasteiger partial charge in [0.25, 0.3) is 0 Å². The summed E-state index contributed by atoms with van der Waals surface area (Å²) in [4.78, 5) is 11.2. The molecular formula is C8H16N2O2. The molecule has 1 heterocycles. The van der Waals surface area contributed by atoms with Gasteiger partial charge < -0.3 is 15.8 Å². The van der Waals surface area contributed by atoms with Crippen molar-refractivity contribution in [3.8, 4) is 0 Å². The fourth-order valence-corrected chi connectivity index (χ4v) is 1.21. The molecule has 3 N–H and O–H groups in total. The molecule has 70 valence electrons. The Kier molecular flexibility index (Phi) is 4.04. The zero-order valence-electron chi connectivity index (χ0n) is 7.21. The molecule has 4 heteroatoms. The summed E-state index contributed by atoms with van der Waals surface area (Å²) in [6.45, 7) is 2.00. The smallest absolute Gasteiger partial charge is 0.249 e. The molecule has 0 aliphatic carbocycles. The topological polar surface area (TPSA) is 64.3 Å². The molecule has 1 saturated heterocycles. The SMILES string of the molecule is NCCCNC(=O)[C@@H]1CCCO1. The van der Waals surface area contributed by atoms with Crippen molar-refractivity contribution in [2.75, 3.05) is 19.7 Å². The van der Waals surface area contributed by atoms with Gasteiger partial charge in [-0.25, -0.2) is 0 Å². The lowest BCUT2D eigenvalue weighted by Gasteiger charge is -2.09. The lowest BCUT2D eigenvalue weighted by atomic mass is 10.2. The van der Waals surface area contributed by atoms with Crippen molar-refractivity contribution in [1.82, 2.24) is 5.32 Å². The van der Waals surface area contributed by atoms with E-state index in [2.05, 4.69) is 5.32 Å². The molecule has 1 aliphatic rings. The van der Waals surface area contributed by atoms with Gasteiger partial charge in [0.05, 0.1) is 0 Å². The van der Waals surface area contributed by atoms with Crippen LogP contribution in [0.5, 0.6) is 0 Å². The number of carbonyl (C=O) groups excluding carboxylic acids is 1. The molecular weight excluding hydrogens is 156 g/mol. The molecule has 0 bridgehead atoms. The molecule has 1 rings (SSSR count). The lowest BCUT2D eigenvalue weighted by molar-refractivity contribution is -0.130. The number of carbonyl (C=O) groups is 1. The maximum atomic E-state index is 11.2. The van der Waals surface area contributed by atoms with Crippen LogP contribution >= 0.6 is 0 Å². The van der Waals surface area contributed by atoms with Gasteiger partial charge in [0.2, 0.25) is 5.91 Å². The van der Waals surface area contributed by atoms with Gasteiger partial charge in [-0.1, -0.05) is 0 Å². The monoisotopic (exact) mass is 172 g/mol. The zero-order chi connectivity index (χ0) is 8.81. The van der Waals surface area contributed by atoms with Crippen LogP contribution < -0.4 is 11.1 Å². The maximum absolute atomic E-state index is 11.2. The van der Waals surface area contributed by atoms with E-state index in [1.54, 1.807) is 0 Å². The minimum atomic E-state index is -0.206. The average molecular weight is 172 g/mol. The Hall–Kier alpha value is -0.610. The number of nitrogens with two attached hydrogens (primary N) is 1. The van der Waals surface area contributed by atoms with Gasteiger partial charge in [-0.05, 0) is 25.8 Å². The van der Waals surface area contributed by atoms with Gasteiger partial charge >= 0.3 is 0 Å². The molecule has 12 heavy (non-hydrogen) atoms. The third-order valence-electron chi connectivity index (χ3n) is 1.90. The third kappa shape index (κ3) is 2.79. The number of hydrogen-bond donors (Lipinski definition) is 2. The minimum absolute atomic E-state index is 0.0148.